The number of benzene rings is 5. The lowest BCUT2D eigenvalue weighted by molar-refractivity contribution is 0.311. The van der Waals surface area contributed by atoms with E-state index in [2.05, 4.69) is 252 Å². The average molecular weight is 1990 g/mol. The molecule has 15 aromatic rings. The van der Waals surface area contributed by atoms with Crippen LogP contribution in [0.2, 0.25) is 0 Å². The number of amidine groups is 5. The van der Waals surface area contributed by atoms with E-state index in [0.29, 0.717) is 185 Å². The van der Waals surface area contributed by atoms with Crippen molar-refractivity contribution in [2.24, 2.45) is 25.0 Å². The number of hydrogen-bond acceptors (Lipinski definition) is 42. The second kappa shape index (κ2) is 55.8. The summed E-state index contributed by atoms with van der Waals surface area (Å²) in [4.78, 5) is 95.4. The van der Waals surface area contributed by atoms with Crippen molar-refractivity contribution in [3.8, 4) is 0 Å². The van der Waals surface area contributed by atoms with Crippen molar-refractivity contribution in [3.63, 3.8) is 0 Å². The Hall–Kier alpha value is -18.5. The quantitative estimate of drug-likeness (QED) is 0.0159. The third-order valence-electron chi connectivity index (χ3n) is 21.7. The Balaban J connectivity index is 0.000000137. The van der Waals surface area contributed by atoms with Crippen LogP contribution in [0.5, 0.6) is 0 Å². The molecular formula is C106H120N36O6. The predicted molar refractivity (Wildman–Crippen MR) is 586 cm³/mol. The zero-order valence-electron chi connectivity index (χ0n) is 83.3. The van der Waals surface area contributed by atoms with Gasteiger partial charge in [0.05, 0.1) is 76.9 Å². The molecule has 148 heavy (non-hydrogen) atoms. The first kappa shape index (κ1) is 104. The number of rotatable bonds is 39. The Morgan fingerprint density at radius 1 is 0.291 bits per heavy atom. The molecule has 0 atom stereocenters. The highest BCUT2D eigenvalue weighted by atomic mass is 16.3. The summed E-state index contributed by atoms with van der Waals surface area (Å²) in [6.07, 6.45) is 23.7. The molecule has 0 fully saturated rings. The molecule has 5 aliphatic rings. The molecule has 0 saturated carbocycles. The van der Waals surface area contributed by atoms with Gasteiger partial charge in [0.25, 0.3) is 0 Å². The van der Waals surface area contributed by atoms with E-state index >= 15 is 0 Å². The molecule has 0 spiro atoms. The fraction of sp³-hybridized carbons (Fsp3) is 0.245. The molecular weight excluding hydrogens is 1870 g/mol. The lowest BCUT2D eigenvalue weighted by Crippen LogP contribution is -2.26. The van der Waals surface area contributed by atoms with Gasteiger partial charge in [-0.3, -0.25) is 25.0 Å². The summed E-state index contributed by atoms with van der Waals surface area (Å²) in [5.41, 5.74) is 9.74. The van der Waals surface area contributed by atoms with Crippen molar-refractivity contribution in [1.82, 2.24) is 79.7 Å². The molecule has 760 valence electrons. The number of aliphatic hydroxyl groups is 1. The highest BCUT2D eigenvalue weighted by Gasteiger charge is 2.23. The number of aromatic nitrogens is 15. The van der Waals surface area contributed by atoms with Crippen LogP contribution >= 0.6 is 0 Å². The molecule has 42 nitrogen and oxygen atoms in total. The van der Waals surface area contributed by atoms with Gasteiger partial charge >= 0.3 is 0 Å². The molecule has 42 heteroatoms. The molecule has 0 saturated heterocycles. The van der Waals surface area contributed by atoms with Gasteiger partial charge < -0.3 is 111 Å². The number of anilines is 15. The van der Waals surface area contributed by atoms with E-state index < -0.39 is 0 Å². The van der Waals surface area contributed by atoms with Gasteiger partial charge in [-0.05, 0) is 153 Å². The van der Waals surface area contributed by atoms with Crippen LogP contribution in [0.4, 0.5) is 89.2 Å². The first-order valence-electron chi connectivity index (χ1n) is 48.5. The monoisotopic (exact) mass is 1990 g/mol. The lowest BCUT2D eigenvalue weighted by Gasteiger charge is -2.19. The Labute approximate surface area is 857 Å². The summed E-state index contributed by atoms with van der Waals surface area (Å²) >= 11 is 0. The second-order valence-electron chi connectivity index (χ2n) is 33.3. The molecule has 0 radical (unpaired) electrons. The van der Waals surface area contributed by atoms with Gasteiger partial charge in [0.1, 0.15) is 52.2 Å². The van der Waals surface area contributed by atoms with Crippen LogP contribution in [0.25, 0.3) is 22.3 Å². The fourth-order valence-corrected chi connectivity index (χ4v) is 14.1. The summed E-state index contributed by atoms with van der Waals surface area (Å²) in [5, 5.41) is 50.6. The fourth-order valence-electron chi connectivity index (χ4n) is 14.1. The van der Waals surface area contributed by atoms with Crippen LogP contribution in [0.3, 0.4) is 0 Å². The molecule has 14 N–H and O–H groups in total. The molecule has 20 rings (SSSR count). The summed E-state index contributed by atoms with van der Waals surface area (Å²) in [7, 11) is 7.83. The van der Waals surface area contributed by atoms with E-state index in [4.69, 9.17) is 22.8 Å². The molecule has 0 bridgehead atoms. The minimum absolute atomic E-state index is 0.0246. The molecule has 0 unspecified atom stereocenters. The van der Waals surface area contributed by atoms with E-state index in [-0.39, 0.29) is 6.61 Å². The summed E-state index contributed by atoms with van der Waals surface area (Å²) in [5.74, 6) is 13.9. The van der Waals surface area contributed by atoms with Crippen molar-refractivity contribution in [3.05, 3.63) is 337 Å². The molecule has 10 aromatic heterocycles. The van der Waals surface area contributed by atoms with E-state index in [1.165, 1.54) is 5.56 Å². The number of nitrogens with zero attached hydrogens (tertiary/aromatic N) is 23. The number of aliphatic hydroxyl groups excluding tert-OH is 1. The first-order valence-corrected chi connectivity index (χ1v) is 48.5. The predicted octanol–water partition coefficient (Wildman–Crippen LogP) is 16.6. The number of hydrogen-bond donors (Lipinski definition) is 14. The maximum atomic E-state index is 9.07. The van der Waals surface area contributed by atoms with Crippen LogP contribution in [0.1, 0.15) is 84.5 Å². The first-order chi connectivity index (χ1) is 72.7. The Morgan fingerprint density at radius 2 is 0.581 bits per heavy atom. The van der Waals surface area contributed by atoms with Crippen molar-refractivity contribution in [2.75, 3.05) is 186 Å². The number of nitrogens with one attached hydrogen (secondary N) is 13. The number of furan rings is 5. The van der Waals surface area contributed by atoms with Gasteiger partial charge in [-0.25, -0.2) is 0 Å². The van der Waals surface area contributed by atoms with Gasteiger partial charge in [0, 0.05) is 108 Å². The Kier molecular flexibility index (Phi) is 39.2. The second-order valence-corrected chi connectivity index (χ2v) is 33.3. The maximum absolute atomic E-state index is 9.07. The van der Waals surface area contributed by atoms with E-state index in [1.807, 2.05) is 233 Å². The number of likely N-dealkylation sites (N-methyl/N-ethyl adjacent to an activating group) is 1. The van der Waals surface area contributed by atoms with Crippen LogP contribution < -0.4 is 78.9 Å². The van der Waals surface area contributed by atoms with Crippen LogP contribution in [-0.2, 0) is 32.7 Å². The molecule has 0 amide bonds. The normalized spacial score (nSPS) is 12.8. The topological polar surface area (TPSA) is 507 Å². The van der Waals surface area contributed by atoms with Gasteiger partial charge in [-0.2, -0.15) is 74.8 Å². The van der Waals surface area contributed by atoms with Crippen LogP contribution in [0.15, 0.2) is 333 Å². The largest absolute Gasteiger partial charge is 0.473 e. The Morgan fingerprint density at radius 3 is 0.865 bits per heavy atom. The van der Waals surface area contributed by atoms with Gasteiger partial charge in [0.15, 0.2) is 0 Å². The van der Waals surface area contributed by atoms with Crippen LogP contribution in [-0.4, -0.2) is 221 Å². The average Bonchev–Trinajstić information content (AvgIpc) is 1.78. The summed E-state index contributed by atoms with van der Waals surface area (Å²) in [6, 6.07) is 69.3. The lowest BCUT2D eigenvalue weighted by atomic mass is 10.2. The minimum Gasteiger partial charge on any atom is -0.473 e. The van der Waals surface area contributed by atoms with Crippen LogP contribution in [0, 0.1) is 0 Å². The minimum atomic E-state index is -0.0246. The highest BCUT2D eigenvalue weighted by Crippen LogP contribution is 2.28. The van der Waals surface area contributed by atoms with Gasteiger partial charge in [0.2, 0.25) is 89.2 Å². The third kappa shape index (κ3) is 33.9. The number of aliphatic imine (C=N–C) groups is 5. The Bertz CT molecular complexity index is 6890. The zero-order valence-corrected chi connectivity index (χ0v) is 83.3. The van der Waals surface area contributed by atoms with Gasteiger partial charge in [-0.15, -0.1) is 0 Å². The SMILES string of the molecule is CCCCNc1nc(NCc2ccccc2)nc(NC2=NCC=C2)n1.CCN(CC)c1nc(NCc2ccccc2)nc(NC2=NCC(c3ccco3)=C2)n1.CN(C)CCNc1nc(NCc2ccccc2)nc(NC2=NCC(c3ccco3)=C2)n1.CN(C)c1nc(NCc2ccccc2)nc(NC2=NCC(c3ccco3)=C2)n1.OCCNc1nc(NCc2ccccc2)nc(NC2=NCC(c3ccco3)=C2)n1.c1ccoc1. The molecule has 5 aromatic carbocycles. The molecule has 15 heterocycles. The van der Waals surface area contributed by atoms with E-state index in [9.17, 15) is 0 Å². The smallest absolute Gasteiger partial charge is 0.234 e. The summed E-state index contributed by atoms with van der Waals surface area (Å²) in [6.45, 7) is 16.6. The van der Waals surface area contributed by atoms with E-state index in [0.717, 1.165) is 119 Å². The van der Waals surface area contributed by atoms with Crippen molar-refractivity contribution >= 4 is 141 Å². The maximum Gasteiger partial charge on any atom is 0.234 e. The van der Waals surface area contributed by atoms with Crippen molar-refractivity contribution in [2.45, 2.75) is 66.3 Å². The standard InChI is InChI=1S/C22H26N8O.C22H25N7O.C20H21N7O2.C20H21N7O.C18H23N7.C4H4O/c1-30(2)11-10-23-20-27-21(25-14-16-7-4-3-5-8-16)29-22(28-20)26-19-13-17(15-24-19)18-9-6-12-31-18;1-3-29(4-2)22-27-20(24-14-16-9-6-5-7-10-16)26-21(28-22)25-19-13-17(15-23-19)18-11-8-12-30-18;28-9-8-21-18-25-19(23-12-14-5-2-1-3-6-14)27-20(26-18)24-17-11-15(13-22-17)16-7-4-10-29-16;1-27(2)20-25-18(22-12-14-7-4-3-5-8-14)24-19(26-20)23-17-11-15(13-21-17)16-9-6-10-28-16;1-2-3-11-20-16-23-17(21-13-14-8-5-4-6-9-14)25-18(24-16)22-15-10-7-12-19-15;1-2-4-5-3-1/h3-9,12-13H,10-11,14-15H2,1-2H3,(H3,23,24,25,26,27,28,29);5-13H,3-4,14-15H2,1-2H3,(H2,23,24,25,26,27,28);1-7,10-11,28H,8-9,12-13H2,(H3,21,22,23,24,25,26,27);3-11H,12-13H2,1-2H3,(H2,21,22,23,24,25,26);4-10H,2-3,11-13H2,1H3,(H3,19,20,21,22,23,24,25);1-4H. The van der Waals surface area contributed by atoms with Crippen molar-refractivity contribution in [1.29, 1.82) is 0 Å². The van der Waals surface area contributed by atoms with Crippen molar-refractivity contribution < 1.29 is 27.2 Å². The molecule has 0 aliphatic carbocycles. The van der Waals surface area contributed by atoms with Gasteiger partial charge in [-0.1, -0.05) is 171 Å². The van der Waals surface area contributed by atoms with E-state index in [1.54, 1.807) is 37.6 Å². The molecule has 5 aliphatic heterocycles. The zero-order chi connectivity index (χ0) is 102. The summed E-state index contributed by atoms with van der Waals surface area (Å²) < 4.78 is 26.4. The number of unbranched alkanes of at least 4 members (excludes halogenated alkanes) is 1. The highest BCUT2D eigenvalue weighted by molar-refractivity contribution is 6.12. The third-order valence-corrected chi connectivity index (χ3v) is 21.7.